The van der Waals surface area contributed by atoms with Crippen molar-refractivity contribution in [3.63, 3.8) is 0 Å². The molecule has 0 aromatic heterocycles. The van der Waals surface area contributed by atoms with Crippen LogP contribution in [0.3, 0.4) is 0 Å². The van der Waals surface area contributed by atoms with Gasteiger partial charge in [0.1, 0.15) is 0 Å². The molecule has 1 amide bonds. The first-order valence-corrected chi connectivity index (χ1v) is 14.2. The number of thioether (sulfide) groups is 1. The summed E-state index contributed by atoms with van der Waals surface area (Å²) >= 11 is 1.46. The molecule has 1 fully saturated rings. The highest BCUT2D eigenvalue weighted by Crippen LogP contribution is 2.30. The second-order valence-electron chi connectivity index (χ2n) is 9.11. The third kappa shape index (κ3) is 6.52. The van der Waals surface area contributed by atoms with E-state index in [1.165, 1.54) is 36.4 Å². The van der Waals surface area contributed by atoms with E-state index in [1.54, 1.807) is 26.0 Å². The van der Waals surface area contributed by atoms with Gasteiger partial charge in [-0.25, -0.2) is 13.1 Å². The molecule has 1 heterocycles. The van der Waals surface area contributed by atoms with Gasteiger partial charge in [-0.05, 0) is 67.8 Å². The van der Waals surface area contributed by atoms with E-state index in [4.69, 9.17) is 0 Å². The molecule has 2 aromatic carbocycles. The van der Waals surface area contributed by atoms with E-state index in [0.717, 1.165) is 29.5 Å². The summed E-state index contributed by atoms with van der Waals surface area (Å²) in [6.07, 6.45) is 4.29. The summed E-state index contributed by atoms with van der Waals surface area (Å²) in [5, 5.41) is 2.84. The number of nitrogens with one attached hydrogen (secondary N) is 2. The molecule has 0 saturated carbocycles. The van der Waals surface area contributed by atoms with Gasteiger partial charge in [-0.3, -0.25) is 4.79 Å². The Balaban J connectivity index is 1.73. The molecule has 3 rings (SSSR count). The van der Waals surface area contributed by atoms with Gasteiger partial charge in [0.15, 0.2) is 0 Å². The van der Waals surface area contributed by atoms with Crippen LogP contribution in [-0.2, 0) is 14.8 Å². The summed E-state index contributed by atoms with van der Waals surface area (Å²) in [5.41, 5.74) is 2.59. The van der Waals surface area contributed by atoms with Crippen LogP contribution in [0.15, 0.2) is 52.3 Å². The number of piperidine rings is 1. The minimum absolute atomic E-state index is 0.130. The summed E-state index contributed by atoms with van der Waals surface area (Å²) in [6.45, 7) is 9.86. The van der Waals surface area contributed by atoms with Gasteiger partial charge < -0.3 is 10.2 Å². The van der Waals surface area contributed by atoms with Crippen LogP contribution in [0.5, 0.6) is 0 Å². The lowest BCUT2D eigenvalue weighted by atomic mass is 9.98. The Morgan fingerprint density at radius 3 is 2.27 bits per heavy atom. The Morgan fingerprint density at radius 2 is 1.70 bits per heavy atom. The first-order valence-electron chi connectivity index (χ1n) is 11.5. The second-order valence-corrected chi connectivity index (χ2v) is 11.7. The van der Waals surface area contributed by atoms with E-state index in [2.05, 4.69) is 34.0 Å². The van der Waals surface area contributed by atoms with Crippen molar-refractivity contribution in [2.24, 2.45) is 11.8 Å². The van der Waals surface area contributed by atoms with Crippen LogP contribution in [0.1, 0.15) is 52.1 Å². The largest absolute Gasteiger partial charge is 0.372 e. The zero-order chi connectivity index (χ0) is 24.2. The van der Waals surface area contributed by atoms with Crippen molar-refractivity contribution in [1.29, 1.82) is 0 Å². The number of sulfonamides is 1. The summed E-state index contributed by atoms with van der Waals surface area (Å²) in [7, 11) is -3.77. The number of hydrogen-bond acceptors (Lipinski definition) is 5. The Bertz CT molecular complexity index is 1060. The van der Waals surface area contributed by atoms with Gasteiger partial charge in [-0.2, -0.15) is 0 Å². The van der Waals surface area contributed by atoms with E-state index in [0.29, 0.717) is 5.69 Å². The zero-order valence-electron chi connectivity index (χ0n) is 20.1. The monoisotopic (exact) mass is 489 g/mol. The van der Waals surface area contributed by atoms with Crippen molar-refractivity contribution in [2.75, 3.05) is 29.6 Å². The topological polar surface area (TPSA) is 78.5 Å². The fraction of sp³-hybridized carbons (Fsp3) is 0.480. The molecule has 33 heavy (non-hydrogen) atoms. The maximum Gasteiger partial charge on any atom is 0.241 e. The average Bonchev–Trinajstić information content (AvgIpc) is 2.79. The molecule has 0 spiro atoms. The van der Waals surface area contributed by atoms with Gasteiger partial charge in [-0.1, -0.05) is 32.9 Å². The standard InChI is InChI=1S/C25H35N3O3S2/c1-17(2)25(29)26-23-16-22(10-11-24(23)32-5)33(30,31)27-19(4)20-6-8-21(9-7-20)28-14-12-18(3)13-15-28/h6-11,16-19,27H,12-15H2,1-5H3,(H,26,29)/t19-/m0/s1. The normalized spacial score (nSPS) is 16.1. The summed E-state index contributed by atoms with van der Waals surface area (Å²) in [4.78, 5) is 15.5. The number of carbonyl (C=O) groups excluding carboxylic acids is 1. The van der Waals surface area contributed by atoms with Crippen molar-refractivity contribution in [3.05, 3.63) is 48.0 Å². The molecule has 8 heteroatoms. The minimum Gasteiger partial charge on any atom is -0.372 e. The van der Waals surface area contributed by atoms with Crippen LogP contribution < -0.4 is 14.9 Å². The molecular formula is C25H35N3O3S2. The van der Waals surface area contributed by atoms with E-state index < -0.39 is 10.0 Å². The van der Waals surface area contributed by atoms with E-state index in [1.807, 2.05) is 25.3 Å². The van der Waals surface area contributed by atoms with Gasteiger partial charge in [-0.15, -0.1) is 11.8 Å². The molecule has 2 aromatic rings. The molecule has 0 aliphatic carbocycles. The molecule has 0 unspecified atom stereocenters. The molecule has 2 N–H and O–H groups in total. The highest BCUT2D eigenvalue weighted by molar-refractivity contribution is 7.98. The van der Waals surface area contributed by atoms with Gasteiger partial charge in [0.25, 0.3) is 0 Å². The molecule has 0 radical (unpaired) electrons. The Hall–Kier alpha value is -2.03. The lowest BCUT2D eigenvalue weighted by Gasteiger charge is -2.32. The van der Waals surface area contributed by atoms with Gasteiger partial charge in [0, 0.05) is 35.6 Å². The third-order valence-corrected chi connectivity index (χ3v) is 8.47. The maximum absolute atomic E-state index is 13.1. The van der Waals surface area contributed by atoms with Crippen molar-refractivity contribution < 1.29 is 13.2 Å². The van der Waals surface area contributed by atoms with Crippen LogP contribution in [0.2, 0.25) is 0 Å². The van der Waals surface area contributed by atoms with Gasteiger partial charge in [0.2, 0.25) is 15.9 Å². The lowest BCUT2D eigenvalue weighted by molar-refractivity contribution is -0.118. The van der Waals surface area contributed by atoms with Crippen LogP contribution in [0, 0.1) is 11.8 Å². The smallest absolute Gasteiger partial charge is 0.241 e. The van der Waals surface area contributed by atoms with E-state index in [-0.39, 0.29) is 22.8 Å². The number of amides is 1. The van der Waals surface area contributed by atoms with Crippen LogP contribution >= 0.6 is 11.8 Å². The number of hydrogen-bond donors (Lipinski definition) is 2. The predicted octanol–water partition coefficient (Wildman–Crippen LogP) is 5.28. The molecule has 6 nitrogen and oxygen atoms in total. The fourth-order valence-electron chi connectivity index (χ4n) is 3.84. The van der Waals surface area contributed by atoms with Crippen LogP contribution in [0.25, 0.3) is 0 Å². The molecule has 1 aliphatic rings. The first-order chi connectivity index (χ1) is 15.6. The second kappa shape index (κ2) is 10.9. The summed E-state index contributed by atoms with van der Waals surface area (Å²) in [5.74, 6) is 0.429. The third-order valence-electron chi connectivity index (χ3n) is 6.14. The highest BCUT2D eigenvalue weighted by Gasteiger charge is 2.21. The fourth-order valence-corrected chi connectivity index (χ4v) is 5.63. The Morgan fingerprint density at radius 1 is 1.06 bits per heavy atom. The minimum atomic E-state index is -3.77. The zero-order valence-corrected chi connectivity index (χ0v) is 21.7. The maximum atomic E-state index is 13.1. The molecule has 180 valence electrons. The summed E-state index contributed by atoms with van der Waals surface area (Å²) in [6, 6.07) is 12.6. The first kappa shape index (κ1) is 25.6. The molecule has 1 aliphatic heterocycles. The van der Waals surface area contributed by atoms with Crippen molar-refractivity contribution >= 4 is 39.1 Å². The van der Waals surface area contributed by atoms with Crippen molar-refractivity contribution in [1.82, 2.24) is 4.72 Å². The number of benzene rings is 2. The Labute approximate surface area is 202 Å². The van der Waals surface area contributed by atoms with Gasteiger partial charge >= 0.3 is 0 Å². The number of carbonyl (C=O) groups is 1. The highest BCUT2D eigenvalue weighted by atomic mass is 32.2. The Kier molecular flexibility index (Phi) is 8.48. The van der Waals surface area contributed by atoms with Crippen LogP contribution in [0.4, 0.5) is 11.4 Å². The SMILES string of the molecule is CSc1ccc(S(=O)(=O)N[C@@H](C)c2ccc(N3CCC(C)CC3)cc2)cc1NC(=O)C(C)C. The van der Waals surface area contributed by atoms with Gasteiger partial charge in [0.05, 0.1) is 10.6 Å². The molecule has 1 saturated heterocycles. The average molecular weight is 490 g/mol. The van der Waals surface area contributed by atoms with Crippen molar-refractivity contribution in [3.8, 4) is 0 Å². The molecule has 1 atom stereocenters. The molecular weight excluding hydrogens is 454 g/mol. The predicted molar refractivity (Wildman–Crippen MR) is 137 cm³/mol. The number of nitrogens with zero attached hydrogens (tertiary/aromatic N) is 1. The number of anilines is 2. The molecule has 0 bridgehead atoms. The summed E-state index contributed by atoms with van der Waals surface area (Å²) < 4.78 is 29.0. The number of rotatable bonds is 8. The van der Waals surface area contributed by atoms with E-state index >= 15 is 0 Å². The lowest BCUT2D eigenvalue weighted by Crippen LogP contribution is -2.32. The van der Waals surface area contributed by atoms with E-state index in [9.17, 15) is 13.2 Å². The van der Waals surface area contributed by atoms with Crippen molar-refractivity contribution in [2.45, 2.75) is 56.4 Å². The quantitative estimate of drug-likeness (QED) is 0.493. The van der Waals surface area contributed by atoms with Crippen LogP contribution in [-0.4, -0.2) is 33.7 Å².